The maximum absolute atomic E-state index is 5.45. The van der Waals surface area contributed by atoms with E-state index < -0.39 is 0 Å². The molecule has 0 spiro atoms. The van der Waals surface area contributed by atoms with Crippen LogP contribution in [0.5, 0.6) is 0 Å². The third kappa shape index (κ3) is 2.53. The van der Waals surface area contributed by atoms with Gasteiger partial charge in [-0.1, -0.05) is 0 Å². The van der Waals surface area contributed by atoms with Crippen molar-refractivity contribution in [1.82, 2.24) is 0 Å². The Balaban J connectivity index is 2.61. The SMILES string of the molecule is N[Se][Se]c1ccccc1. The van der Waals surface area contributed by atoms with Gasteiger partial charge in [0.1, 0.15) is 0 Å². The second-order valence-electron chi connectivity index (χ2n) is 1.49. The average Bonchev–Trinajstić information content (AvgIpc) is 1.91. The maximum atomic E-state index is 5.45. The number of nitrogens with two attached hydrogens (primary N) is 1. The molecule has 2 N–H and O–H groups in total. The van der Waals surface area contributed by atoms with Crippen LogP contribution in [0.2, 0.25) is 0 Å². The van der Waals surface area contributed by atoms with E-state index >= 15 is 0 Å². The van der Waals surface area contributed by atoms with Crippen LogP contribution in [-0.2, 0) is 0 Å². The first-order valence-corrected chi connectivity index (χ1v) is 8.70. The molecule has 0 aliphatic heterocycles. The Hall–Kier alpha value is 0.219. The van der Waals surface area contributed by atoms with E-state index in [4.69, 9.17) is 4.75 Å². The molecule has 9 heavy (non-hydrogen) atoms. The molecule has 0 saturated carbocycles. The van der Waals surface area contributed by atoms with Gasteiger partial charge in [0, 0.05) is 0 Å². The third-order valence-electron chi connectivity index (χ3n) is 0.888. The second kappa shape index (κ2) is 4.10. The molecule has 48 valence electrons. The predicted molar refractivity (Wildman–Crippen MR) is 41.8 cm³/mol. The van der Waals surface area contributed by atoms with Crippen molar-refractivity contribution in [1.29, 1.82) is 0 Å². The number of benzene rings is 1. The van der Waals surface area contributed by atoms with Crippen LogP contribution in [0.1, 0.15) is 0 Å². The fourth-order valence-electron chi connectivity index (χ4n) is 0.532. The summed E-state index contributed by atoms with van der Waals surface area (Å²) in [6, 6.07) is 10.4. The Morgan fingerprint density at radius 1 is 1.11 bits per heavy atom. The van der Waals surface area contributed by atoms with Gasteiger partial charge in [-0.2, -0.15) is 0 Å². The first kappa shape index (κ1) is 7.33. The summed E-state index contributed by atoms with van der Waals surface area (Å²) in [6.07, 6.45) is 0. The molecule has 0 aliphatic carbocycles. The molecule has 1 aromatic rings. The van der Waals surface area contributed by atoms with E-state index in [2.05, 4.69) is 24.3 Å². The molecule has 0 bridgehead atoms. The van der Waals surface area contributed by atoms with Crippen molar-refractivity contribution in [2.45, 2.75) is 0 Å². The van der Waals surface area contributed by atoms with Gasteiger partial charge in [0.05, 0.1) is 0 Å². The molecule has 0 amide bonds. The van der Waals surface area contributed by atoms with Gasteiger partial charge in [-0.3, -0.25) is 0 Å². The van der Waals surface area contributed by atoms with Crippen LogP contribution >= 0.6 is 0 Å². The van der Waals surface area contributed by atoms with E-state index in [1.165, 1.54) is 4.46 Å². The first-order valence-electron chi connectivity index (χ1n) is 2.52. The van der Waals surface area contributed by atoms with Crippen molar-refractivity contribution in [2.75, 3.05) is 0 Å². The van der Waals surface area contributed by atoms with Crippen LogP contribution in [0.3, 0.4) is 0 Å². The zero-order valence-electron chi connectivity index (χ0n) is 4.78. The monoisotopic (exact) mass is 253 g/mol. The van der Waals surface area contributed by atoms with Crippen molar-refractivity contribution >= 4 is 30.9 Å². The van der Waals surface area contributed by atoms with Gasteiger partial charge in [0.2, 0.25) is 0 Å². The van der Waals surface area contributed by atoms with Gasteiger partial charge in [0.15, 0.2) is 0 Å². The van der Waals surface area contributed by atoms with Crippen LogP contribution in [0, 0.1) is 0 Å². The van der Waals surface area contributed by atoms with Crippen LogP contribution in [-0.4, -0.2) is 26.5 Å². The second-order valence-corrected chi connectivity index (χ2v) is 7.15. The van der Waals surface area contributed by atoms with E-state index in [1.54, 1.807) is 0 Å². The van der Waals surface area contributed by atoms with Gasteiger partial charge in [-0.25, -0.2) is 0 Å². The molecular formula is C6H7NSe2. The molecule has 0 aromatic heterocycles. The molecule has 1 aromatic carbocycles. The summed E-state index contributed by atoms with van der Waals surface area (Å²) in [6.45, 7) is 0. The molecule has 0 radical (unpaired) electrons. The molecular weight excluding hydrogens is 244 g/mol. The fraction of sp³-hybridized carbons (Fsp3) is 0. The number of hydrogen-bond donors (Lipinski definition) is 1. The normalized spacial score (nSPS) is 9.44. The van der Waals surface area contributed by atoms with Gasteiger partial charge in [0.25, 0.3) is 0 Å². The van der Waals surface area contributed by atoms with Gasteiger partial charge in [-0.05, 0) is 0 Å². The molecule has 0 saturated heterocycles. The zero-order valence-corrected chi connectivity index (χ0v) is 8.21. The number of rotatable bonds is 2. The molecule has 0 aliphatic rings. The van der Waals surface area contributed by atoms with Crippen molar-refractivity contribution in [3.63, 3.8) is 0 Å². The summed E-state index contributed by atoms with van der Waals surface area (Å²) in [4.78, 5) is 0. The zero-order chi connectivity index (χ0) is 6.53. The first-order chi connectivity index (χ1) is 4.43. The van der Waals surface area contributed by atoms with Gasteiger partial charge >= 0.3 is 66.0 Å². The van der Waals surface area contributed by atoms with Crippen molar-refractivity contribution in [3.05, 3.63) is 30.3 Å². The third-order valence-corrected chi connectivity index (χ3v) is 5.21. The molecule has 0 unspecified atom stereocenters. The van der Waals surface area contributed by atoms with Crippen LogP contribution in [0.15, 0.2) is 30.3 Å². The number of hydrogen-bond acceptors (Lipinski definition) is 1. The quantitative estimate of drug-likeness (QED) is 0.705. The molecule has 0 heterocycles. The Morgan fingerprint density at radius 2 is 1.78 bits per heavy atom. The van der Waals surface area contributed by atoms with Crippen LogP contribution in [0.4, 0.5) is 0 Å². The molecule has 0 fully saturated rings. The van der Waals surface area contributed by atoms with E-state index in [0.29, 0.717) is 26.5 Å². The Bertz CT molecular complexity index is 164. The van der Waals surface area contributed by atoms with Crippen LogP contribution in [0.25, 0.3) is 0 Å². The summed E-state index contributed by atoms with van der Waals surface area (Å²) < 4.78 is 6.86. The van der Waals surface area contributed by atoms with Gasteiger partial charge in [-0.15, -0.1) is 0 Å². The van der Waals surface area contributed by atoms with E-state index in [9.17, 15) is 0 Å². The summed E-state index contributed by atoms with van der Waals surface area (Å²) in [7, 11) is 0. The standard InChI is InChI=1S/C6H7NSe2/c7-9-8-6-4-2-1-3-5-6/h1-5H,7H2. The summed E-state index contributed by atoms with van der Waals surface area (Å²) in [5.41, 5.74) is 0. The Labute approximate surface area is 66.1 Å². The molecule has 3 heteroatoms. The van der Waals surface area contributed by atoms with Gasteiger partial charge < -0.3 is 0 Å². The summed E-state index contributed by atoms with van der Waals surface area (Å²) in [5, 5.41) is 0. The van der Waals surface area contributed by atoms with Crippen LogP contribution < -0.4 is 9.21 Å². The fourth-order valence-corrected chi connectivity index (χ4v) is 3.75. The topological polar surface area (TPSA) is 26.0 Å². The van der Waals surface area contributed by atoms with E-state index in [0.717, 1.165) is 0 Å². The van der Waals surface area contributed by atoms with E-state index in [1.807, 2.05) is 6.07 Å². The summed E-state index contributed by atoms with van der Waals surface area (Å²) in [5.74, 6) is 0. The molecule has 0 atom stereocenters. The minimum atomic E-state index is 0.342. The average molecular weight is 251 g/mol. The molecule has 1 nitrogen and oxygen atoms in total. The van der Waals surface area contributed by atoms with Crippen molar-refractivity contribution in [2.24, 2.45) is 4.75 Å². The minimum absolute atomic E-state index is 0.342. The van der Waals surface area contributed by atoms with Crippen molar-refractivity contribution in [3.8, 4) is 0 Å². The summed E-state index contributed by atoms with van der Waals surface area (Å²) >= 11 is 0.891. The molecule has 1 rings (SSSR count). The van der Waals surface area contributed by atoms with Crippen molar-refractivity contribution < 1.29 is 0 Å². The Kier molecular flexibility index (Phi) is 3.34. The van der Waals surface area contributed by atoms with E-state index in [-0.39, 0.29) is 0 Å². The Morgan fingerprint density at radius 3 is 2.33 bits per heavy atom. The predicted octanol–water partition coefficient (Wildman–Crippen LogP) is -0.491.